The molecule has 8 rings (SSSR count). The number of phenols is 2. The van der Waals surface area contributed by atoms with Gasteiger partial charge in [-0.05, 0) is 71.4 Å². The van der Waals surface area contributed by atoms with E-state index >= 15 is 0 Å². The van der Waals surface area contributed by atoms with Crippen LogP contribution in [-0.2, 0) is 45.2 Å². The lowest BCUT2D eigenvalue weighted by Gasteiger charge is -2.27. The zero-order valence-electron chi connectivity index (χ0n) is 35.1. The molecule has 7 aromatic rings. The number of nitrogens with zero attached hydrogens (tertiary/aromatic N) is 8. The van der Waals surface area contributed by atoms with E-state index in [1.54, 1.807) is 4.90 Å². The van der Waals surface area contributed by atoms with Crippen LogP contribution in [0.1, 0.15) is 0 Å². The number of fused-ring (bicyclic) bond motifs is 2. The standard InChI is InChI=1S/C39H34N12O15S4/c40-25-5-1-19-13-23(67(54,55)56)17-29(52)33(19)35(25)49-47-27-7-3-21(15-31(27)69(60,61)62)42-37-44-38(46-39(45-37)51-9-11-66-12-10-51)43-22-4-8-28(32(16-22)70(63,64)65)48-50-36-26(41)6-2-20-14-24(68(57,58)59)18-30(53)34(20)36/h1-8,13-18,52-53H,9-12,40-41H2,(H,54,55,56)(H,57,58,59)(H,60,61,62)(H,63,64,65)(H2,42,43,44,45,46). The molecule has 27 nitrogen and oxygen atoms in total. The summed E-state index contributed by atoms with van der Waals surface area (Å²) in [4.78, 5) is 12.2. The molecule has 6 aromatic carbocycles. The third kappa shape index (κ3) is 10.5. The van der Waals surface area contributed by atoms with Gasteiger partial charge in [0.2, 0.25) is 17.8 Å². The molecule has 1 saturated heterocycles. The number of aromatic hydroxyl groups is 2. The van der Waals surface area contributed by atoms with Crippen molar-refractivity contribution >= 4 is 125 Å². The van der Waals surface area contributed by atoms with Gasteiger partial charge in [-0.2, -0.15) is 48.6 Å². The lowest BCUT2D eigenvalue weighted by Crippen LogP contribution is -2.37. The lowest BCUT2D eigenvalue weighted by molar-refractivity contribution is 0.122. The highest BCUT2D eigenvalue weighted by atomic mass is 32.2. The Morgan fingerprint density at radius 3 is 1.33 bits per heavy atom. The van der Waals surface area contributed by atoms with Crippen LogP contribution in [-0.4, -0.2) is 103 Å². The second kappa shape index (κ2) is 18.3. The van der Waals surface area contributed by atoms with Crippen molar-refractivity contribution in [2.45, 2.75) is 19.6 Å². The number of morpholine rings is 1. The fourth-order valence-electron chi connectivity index (χ4n) is 6.95. The number of ether oxygens (including phenoxy) is 1. The second-order valence-corrected chi connectivity index (χ2v) is 20.5. The average Bonchev–Trinajstić information content (AvgIpc) is 3.28. The summed E-state index contributed by atoms with van der Waals surface area (Å²) in [7, 11) is -19.6. The Kier molecular flexibility index (Phi) is 12.7. The van der Waals surface area contributed by atoms with Crippen LogP contribution in [0.5, 0.6) is 11.5 Å². The third-order valence-electron chi connectivity index (χ3n) is 10.2. The predicted molar refractivity (Wildman–Crippen MR) is 250 cm³/mol. The Bertz CT molecular complexity index is 3600. The summed E-state index contributed by atoms with van der Waals surface area (Å²) in [6.45, 7) is 1.24. The molecule has 2 heterocycles. The van der Waals surface area contributed by atoms with Gasteiger partial charge in [0.25, 0.3) is 40.5 Å². The number of rotatable bonds is 13. The molecular weight excluding hydrogens is 1000 g/mol. The highest BCUT2D eigenvalue weighted by molar-refractivity contribution is 7.86. The minimum Gasteiger partial charge on any atom is -0.507 e. The average molecular weight is 1040 g/mol. The van der Waals surface area contributed by atoms with Crippen molar-refractivity contribution < 1.29 is 66.8 Å². The van der Waals surface area contributed by atoms with E-state index in [1.165, 1.54) is 36.4 Å². The zero-order chi connectivity index (χ0) is 50.5. The van der Waals surface area contributed by atoms with Gasteiger partial charge in [0.15, 0.2) is 0 Å². The summed E-state index contributed by atoms with van der Waals surface area (Å²) < 4.78 is 143. The summed E-state index contributed by atoms with van der Waals surface area (Å²) in [5, 5.41) is 42.9. The van der Waals surface area contributed by atoms with E-state index in [1.807, 2.05) is 0 Å². The van der Waals surface area contributed by atoms with Crippen LogP contribution in [0, 0.1) is 0 Å². The molecule has 0 unspecified atom stereocenters. The van der Waals surface area contributed by atoms with Crippen molar-refractivity contribution in [3.05, 3.63) is 84.9 Å². The fraction of sp³-hybridized carbons (Fsp3) is 0.103. The Morgan fingerprint density at radius 1 is 0.529 bits per heavy atom. The Morgan fingerprint density at radius 2 is 0.943 bits per heavy atom. The van der Waals surface area contributed by atoms with Gasteiger partial charge in [0.05, 0.1) is 45.2 Å². The predicted octanol–water partition coefficient (Wildman–Crippen LogP) is 5.90. The molecule has 1 aliphatic rings. The van der Waals surface area contributed by atoms with Crippen molar-refractivity contribution in [1.82, 2.24) is 15.0 Å². The first-order valence-electron chi connectivity index (χ1n) is 19.6. The molecule has 0 radical (unpaired) electrons. The van der Waals surface area contributed by atoms with Gasteiger partial charge in [-0.15, -0.1) is 20.5 Å². The Hall–Kier alpha value is -7.75. The van der Waals surface area contributed by atoms with E-state index in [-0.39, 0.29) is 73.5 Å². The topological polar surface area (TPSA) is 435 Å². The van der Waals surface area contributed by atoms with Gasteiger partial charge in [-0.1, -0.05) is 12.1 Å². The van der Waals surface area contributed by atoms with Gasteiger partial charge < -0.3 is 42.0 Å². The van der Waals surface area contributed by atoms with E-state index < -0.39 is 82.9 Å². The monoisotopic (exact) mass is 1040 g/mol. The summed E-state index contributed by atoms with van der Waals surface area (Å²) in [5.74, 6) is -1.66. The molecule has 1 aliphatic heterocycles. The minimum atomic E-state index is -5.06. The molecule has 12 N–H and O–H groups in total. The molecule has 0 spiro atoms. The molecule has 0 atom stereocenters. The Labute approximate surface area is 395 Å². The number of anilines is 7. The summed E-state index contributed by atoms with van der Waals surface area (Å²) >= 11 is 0. The number of nitrogen functional groups attached to an aromatic ring is 2. The van der Waals surface area contributed by atoms with E-state index in [0.717, 1.165) is 48.5 Å². The van der Waals surface area contributed by atoms with Gasteiger partial charge in [-0.3, -0.25) is 18.2 Å². The van der Waals surface area contributed by atoms with E-state index in [2.05, 4.69) is 46.0 Å². The van der Waals surface area contributed by atoms with Gasteiger partial charge >= 0.3 is 0 Å². The Balaban J connectivity index is 1.12. The largest absolute Gasteiger partial charge is 0.507 e. The van der Waals surface area contributed by atoms with E-state index in [9.17, 15) is 62.1 Å². The number of hydrogen-bond donors (Lipinski definition) is 10. The number of aromatic nitrogens is 3. The first kappa shape index (κ1) is 48.7. The maximum absolute atomic E-state index is 12.7. The van der Waals surface area contributed by atoms with Crippen molar-refractivity contribution in [3.63, 3.8) is 0 Å². The SMILES string of the molecule is Nc1ccc2cc(S(=O)(=O)O)cc(O)c2c1N=Nc1ccc(Nc2nc(Nc3ccc(N=Nc4c(N)ccc5cc(S(=O)(=O)O)cc(O)c45)c(S(=O)(=O)O)c3)nc(N3CCOCC3)n2)cc1S(=O)(=O)O. The van der Waals surface area contributed by atoms with Gasteiger partial charge in [0, 0.05) is 36.6 Å². The van der Waals surface area contributed by atoms with Crippen LogP contribution in [0.4, 0.5) is 63.3 Å². The summed E-state index contributed by atoms with van der Waals surface area (Å²) in [5.41, 5.74) is 10.7. The number of nitrogens with one attached hydrogen (secondary N) is 2. The van der Waals surface area contributed by atoms with Crippen molar-refractivity contribution in [2.24, 2.45) is 20.5 Å². The van der Waals surface area contributed by atoms with Crippen LogP contribution in [0.3, 0.4) is 0 Å². The fourth-order valence-corrected chi connectivity index (χ4v) is 9.32. The highest BCUT2D eigenvalue weighted by Gasteiger charge is 2.24. The molecular formula is C39H34N12O15S4. The zero-order valence-corrected chi connectivity index (χ0v) is 38.4. The maximum atomic E-state index is 12.7. The van der Waals surface area contributed by atoms with Crippen LogP contribution in [0.25, 0.3) is 21.5 Å². The first-order valence-corrected chi connectivity index (χ1v) is 25.3. The lowest BCUT2D eigenvalue weighted by atomic mass is 10.1. The number of phenolic OH excluding ortho intramolecular Hbond substituents is 2. The van der Waals surface area contributed by atoms with Gasteiger partial charge in [-0.25, -0.2) is 0 Å². The van der Waals surface area contributed by atoms with E-state index in [0.29, 0.717) is 26.3 Å². The highest BCUT2D eigenvalue weighted by Crippen LogP contribution is 2.43. The van der Waals surface area contributed by atoms with Crippen LogP contribution in [0.15, 0.2) is 125 Å². The number of azo groups is 2. The number of benzene rings is 6. The minimum absolute atomic E-state index is 0.0286. The molecule has 0 bridgehead atoms. The number of nitrogens with two attached hydrogens (primary N) is 2. The van der Waals surface area contributed by atoms with Crippen molar-refractivity contribution in [2.75, 3.05) is 53.3 Å². The van der Waals surface area contributed by atoms with Crippen molar-refractivity contribution in [3.8, 4) is 11.5 Å². The van der Waals surface area contributed by atoms with Crippen molar-refractivity contribution in [1.29, 1.82) is 0 Å². The molecule has 0 amide bonds. The van der Waals surface area contributed by atoms with Crippen LogP contribution >= 0.6 is 0 Å². The summed E-state index contributed by atoms with van der Waals surface area (Å²) in [6.07, 6.45) is 0. The maximum Gasteiger partial charge on any atom is 0.296 e. The third-order valence-corrected chi connectivity index (χ3v) is 13.6. The molecule has 0 aliphatic carbocycles. The molecule has 364 valence electrons. The quantitative estimate of drug-likeness (QED) is 0.0365. The molecule has 70 heavy (non-hydrogen) atoms. The van der Waals surface area contributed by atoms with Gasteiger partial charge in [0.1, 0.15) is 44.0 Å². The summed E-state index contributed by atoms with van der Waals surface area (Å²) in [6, 6.07) is 15.7. The first-order chi connectivity index (χ1) is 32.8. The molecule has 31 heteroatoms. The number of hydrogen-bond acceptors (Lipinski definition) is 23. The molecule has 1 aromatic heterocycles. The van der Waals surface area contributed by atoms with E-state index in [4.69, 9.17) is 16.2 Å². The van der Waals surface area contributed by atoms with Crippen LogP contribution < -0.4 is 27.0 Å². The second-order valence-electron chi connectivity index (χ2n) is 14.9. The molecule has 0 saturated carbocycles. The van der Waals surface area contributed by atoms with Crippen LogP contribution in [0.2, 0.25) is 0 Å². The molecule has 1 fully saturated rings. The smallest absolute Gasteiger partial charge is 0.296 e. The normalized spacial score (nSPS) is 14.0.